The van der Waals surface area contributed by atoms with Crippen LogP contribution in [0.5, 0.6) is 0 Å². The van der Waals surface area contributed by atoms with Gasteiger partial charge in [-0.25, -0.2) is 0 Å². The van der Waals surface area contributed by atoms with E-state index in [-0.39, 0.29) is 0 Å². The summed E-state index contributed by atoms with van der Waals surface area (Å²) in [6, 6.07) is 11.5. The third kappa shape index (κ3) is 3.95. The fourth-order valence-corrected chi connectivity index (χ4v) is 5.05. The highest BCUT2D eigenvalue weighted by Gasteiger charge is 2.38. The van der Waals surface area contributed by atoms with Crippen molar-refractivity contribution < 1.29 is 4.21 Å². The summed E-state index contributed by atoms with van der Waals surface area (Å²) in [6.07, 6.45) is 6.10. The minimum Gasteiger partial charge on any atom is -0.314 e. The Labute approximate surface area is 131 Å². The average molecular weight is 305 g/mol. The van der Waals surface area contributed by atoms with Crippen molar-refractivity contribution in [2.45, 2.75) is 56.2 Å². The van der Waals surface area contributed by atoms with E-state index in [9.17, 15) is 4.21 Å². The fraction of sp³-hybridized carbons (Fsp3) is 0.667. The van der Waals surface area contributed by atoms with Crippen LogP contribution in [0.4, 0.5) is 0 Å². The van der Waals surface area contributed by atoms with Gasteiger partial charge in [-0.05, 0) is 49.6 Å². The summed E-state index contributed by atoms with van der Waals surface area (Å²) in [6.45, 7) is 3.18. The predicted molar refractivity (Wildman–Crippen MR) is 90.0 cm³/mol. The van der Waals surface area contributed by atoms with Gasteiger partial charge < -0.3 is 5.32 Å². The summed E-state index contributed by atoms with van der Waals surface area (Å²) in [5.41, 5.74) is 1.50. The average Bonchev–Trinajstić information content (AvgIpc) is 3.33. The third-order valence-electron chi connectivity index (χ3n) is 5.10. The van der Waals surface area contributed by atoms with Crippen LogP contribution in [0.3, 0.4) is 0 Å². The molecule has 2 fully saturated rings. The van der Waals surface area contributed by atoms with E-state index in [0.29, 0.717) is 11.3 Å². The molecule has 3 rings (SSSR count). The molecule has 2 saturated carbocycles. The SMILES string of the molecule is CC[S@](=O)[C@@H]1CCC[C@H](NC[C@H]2C[C@@H]2c2ccccc2)C1. The molecule has 0 aliphatic heterocycles. The first-order valence-electron chi connectivity index (χ1n) is 8.43. The molecule has 0 heterocycles. The monoisotopic (exact) mass is 305 g/mol. The molecule has 0 unspecified atom stereocenters. The number of nitrogens with one attached hydrogen (secondary N) is 1. The molecule has 0 spiro atoms. The molecule has 5 atom stereocenters. The van der Waals surface area contributed by atoms with E-state index in [4.69, 9.17) is 0 Å². The highest BCUT2D eigenvalue weighted by molar-refractivity contribution is 7.85. The lowest BCUT2D eigenvalue weighted by molar-refractivity contribution is 0.371. The van der Waals surface area contributed by atoms with E-state index in [1.165, 1.54) is 24.8 Å². The minimum atomic E-state index is -0.609. The number of rotatable bonds is 6. The van der Waals surface area contributed by atoms with Crippen molar-refractivity contribution in [2.24, 2.45) is 5.92 Å². The van der Waals surface area contributed by atoms with Crippen molar-refractivity contribution in [1.82, 2.24) is 5.32 Å². The van der Waals surface area contributed by atoms with Gasteiger partial charge in [0, 0.05) is 27.8 Å². The van der Waals surface area contributed by atoms with Gasteiger partial charge in [0.05, 0.1) is 0 Å². The first kappa shape index (κ1) is 15.2. The van der Waals surface area contributed by atoms with Crippen molar-refractivity contribution in [3.05, 3.63) is 35.9 Å². The van der Waals surface area contributed by atoms with E-state index >= 15 is 0 Å². The summed E-state index contributed by atoms with van der Waals surface area (Å²) >= 11 is 0. The smallest absolute Gasteiger partial charge is 0.0362 e. The Morgan fingerprint density at radius 1 is 1.19 bits per heavy atom. The van der Waals surface area contributed by atoms with Gasteiger partial charge in [-0.3, -0.25) is 4.21 Å². The summed E-state index contributed by atoms with van der Waals surface area (Å²) < 4.78 is 12.0. The van der Waals surface area contributed by atoms with Gasteiger partial charge in [-0.1, -0.05) is 43.7 Å². The summed E-state index contributed by atoms with van der Waals surface area (Å²) in [5.74, 6) is 2.39. The molecule has 3 heteroatoms. The Bertz CT molecular complexity index is 475. The molecule has 0 radical (unpaired) electrons. The second-order valence-electron chi connectivity index (χ2n) is 6.58. The molecule has 0 saturated heterocycles. The molecule has 0 amide bonds. The minimum absolute atomic E-state index is 0.436. The van der Waals surface area contributed by atoms with Crippen molar-refractivity contribution in [3.8, 4) is 0 Å². The van der Waals surface area contributed by atoms with E-state index in [2.05, 4.69) is 35.6 Å². The molecule has 2 aliphatic carbocycles. The number of benzene rings is 1. The zero-order chi connectivity index (χ0) is 14.7. The predicted octanol–water partition coefficient (Wildman–Crippen LogP) is 3.46. The molecule has 1 N–H and O–H groups in total. The van der Waals surface area contributed by atoms with Gasteiger partial charge in [0.2, 0.25) is 0 Å². The van der Waals surface area contributed by atoms with Gasteiger partial charge in [0.25, 0.3) is 0 Å². The van der Waals surface area contributed by atoms with Crippen LogP contribution in [0.15, 0.2) is 30.3 Å². The molecule has 0 aromatic heterocycles. The van der Waals surface area contributed by atoms with Crippen LogP contribution in [0.25, 0.3) is 0 Å². The van der Waals surface area contributed by atoms with Gasteiger partial charge >= 0.3 is 0 Å². The molecule has 21 heavy (non-hydrogen) atoms. The maximum absolute atomic E-state index is 12.0. The van der Waals surface area contributed by atoms with Crippen LogP contribution in [0.1, 0.15) is 50.5 Å². The van der Waals surface area contributed by atoms with Crippen LogP contribution in [0.2, 0.25) is 0 Å². The Hall–Kier alpha value is -0.670. The van der Waals surface area contributed by atoms with Crippen LogP contribution in [-0.4, -0.2) is 27.8 Å². The molecule has 1 aromatic carbocycles. The van der Waals surface area contributed by atoms with Crippen LogP contribution >= 0.6 is 0 Å². The Kier molecular flexibility index (Phi) is 5.12. The number of hydrogen-bond donors (Lipinski definition) is 1. The molecule has 0 bridgehead atoms. The second-order valence-corrected chi connectivity index (χ2v) is 8.58. The van der Waals surface area contributed by atoms with Crippen molar-refractivity contribution in [2.75, 3.05) is 12.3 Å². The topological polar surface area (TPSA) is 29.1 Å². The van der Waals surface area contributed by atoms with Crippen LogP contribution < -0.4 is 5.32 Å². The van der Waals surface area contributed by atoms with Crippen molar-refractivity contribution in [1.29, 1.82) is 0 Å². The quantitative estimate of drug-likeness (QED) is 0.872. The van der Waals surface area contributed by atoms with Crippen molar-refractivity contribution in [3.63, 3.8) is 0 Å². The molecule has 2 aliphatic rings. The second kappa shape index (κ2) is 7.06. The Morgan fingerprint density at radius 2 is 2.00 bits per heavy atom. The van der Waals surface area contributed by atoms with E-state index in [0.717, 1.165) is 37.0 Å². The zero-order valence-corrected chi connectivity index (χ0v) is 13.8. The van der Waals surface area contributed by atoms with Gasteiger partial charge in [-0.2, -0.15) is 0 Å². The maximum atomic E-state index is 12.0. The van der Waals surface area contributed by atoms with Crippen molar-refractivity contribution >= 4 is 10.8 Å². The highest BCUT2D eigenvalue weighted by Crippen LogP contribution is 2.46. The first-order valence-corrected chi connectivity index (χ1v) is 9.81. The highest BCUT2D eigenvalue weighted by atomic mass is 32.2. The maximum Gasteiger partial charge on any atom is 0.0362 e. The van der Waals surface area contributed by atoms with E-state index in [1.807, 2.05) is 6.92 Å². The summed E-state index contributed by atoms with van der Waals surface area (Å²) in [4.78, 5) is 0. The molecule has 2 nitrogen and oxygen atoms in total. The zero-order valence-electron chi connectivity index (χ0n) is 13.0. The lowest BCUT2D eigenvalue weighted by atomic mass is 9.95. The molecular weight excluding hydrogens is 278 g/mol. The largest absolute Gasteiger partial charge is 0.314 e. The van der Waals surface area contributed by atoms with E-state index in [1.54, 1.807) is 0 Å². The standard InChI is InChI=1S/C18H27NOS/c1-2-21(20)17-10-6-9-16(12-17)19-13-15-11-18(15)14-7-4-3-5-8-14/h3-5,7-8,15-19H,2,6,9-13H2,1H3/t15-,16+,17-,18-,21+/m1/s1. The Morgan fingerprint density at radius 3 is 2.76 bits per heavy atom. The summed E-state index contributed by atoms with van der Waals surface area (Å²) in [7, 11) is -0.609. The Balaban J connectivity index is 1.43. The van der Waals surface area contributed by atoms with Gasteiger partial charge in [-0.15, -0.1) is 0 Å². The normalized spacial score (nSPS) is 33.6. The lowest BCUT2D eigenvalue weighted by Crippen LogP contribution is -2.38. The first-order chi connectivity index (χ1) is 10.3. The summed E-state index contributed by atoms with van der Waals surface area (Å²) in [5, 5.41) is 4.19. The van der Waals surface area contributed by atoms with Crippen LogP contribution in [-0.2, 0) is 10.8 Å². The van der Waals surface area contributed by atoms with Crippen LogP contribution in [0, 0.1) is 5.92 Å². The third-order valence-corrected chi connectivity index (χ3v) is 6.84. The van der Waals surface area contributed by atoms with Gasteiger partial charge in [0.1, 0.15) is 0 Å². The molecular formula is C18H27NOS. The van der Waals surface area contributed by atoms with Gasteiger partial charge in [0.15, 0.2) is 0 Å². The van der Waals surface area contributed by atoms with E-state index < -0.39 is 10.8 Å². The lowest BCUT2D eigenvalue weighted by Gasteiger charge is -2.29. The molecule has 116 valence electrons. The fourth-order valence-electron chi connectivity index (χ4n) is 3.70. The molecule has 1 aromatic rings. The number of hydrogen-bond acceptors (Lipinski definition) is 2.